The topological polar surface area (TPSA) is 58.2 Å². The molecule has 4 aromatic rings. The minimum absolute atomic E-state index is 0.152. The SMILES string of the molecule is O=C(C[C@@H]1CCCN(Cc2ccccc2F)C1)c1ccc2[nH]nc(-c3ccc4c(c3)CCO4)c2c1. The van der Waals surface area contributed by atoms with Crippen molar-refractivity contribution in [2.24, 2.45) is 5.92 Å². The number of H-pyrrole nitrogens is 1. The first-order valence-corrected chi connectivity index (χ1v) is 12.4. The molecule has 3 heterocycles. The summed E-state index contributed by atoms with van der Waals surface area (Å²) in [5, 5.41) is 8.61. The molecule has 1 aromatic heterocycles. The molecule has 1 fully saturated rings. The lowest BCUT2D eigenvalue weighted by atomic mass is 9.90. The van der Waals surface area contributed by atoms with Gasteiger partial charge in [-0.1, -0.05) is 18.2 Å². The van der Waals surface area contributed by atoms with E-state index in [0.29, 0.717) is 13.0 Å². The number of rotatable bonds is 6. The molecule has 0 saturated carbocycles. The van der Waals surface area contributed by atoms with Gasteiger partial charge in [0.1, 0.15) is 11.6 Å². The number of fused-ring (bicyclic) bond motifs is 2. The van der Waals surface area contributed by atoms with Crippen LogP contribution in [-0.4, -0.2) is 40.6 Å². The van der Waals surface area contributed by atoms with Gasteiger partial charge in [-0.2, -0.15) is 5.10 Å². The second-order valence-corrected chi connectivity index (χ2v) is 9.72. The van der Waals surface area contributed by atoms with Crippen LogP contribution in [0.1, 0.15) is 40.7 Å². The average Bonchev–Trinajstić information content (AvgIpc) is 3.51. The van der Waals surface area contributed by atoms with Crippen LogP contribution in [0.2, 0.25) is 0 Å². The lowest BCUT2D eigenvalue weighted by Gasteiger charge is -2.32. The number of likely N-dealkylation sites (tertiary alicyclic amines) is 1. The molecular weight excluding hydrogens is 441 g/mol. The van der Waals surface area contributed by atoms with E-state index in [-0.39, 0.29) is 17.5 Å². The summed E-state index contributed by atoms with van der Waals surface area (Å²) in [4.78, 5) is 15.5. The van der Waals surface area contributed by atoms with E-state index in [1.807, 2.05) is 42.5 Å². The maximum Gasteiger partial charge on any atom is 0.163 e. The van der Waals surface area contributed by atoms with Gasteiger partial charge < -0.3 is 4.74 Å². The normalized spacial score (nSPS) is 17.9. The number of hydrogen-bond acceptors (Lipinski definition) is 4. The second kappa shape index (κ2) is 9.27. The number of halogens is 1. The Morgan fingerprint density at radius 3 is 2.97 bits per heavy atom. The van der Waals surface area contributed by atoms with Gasteiger partial charge in [-0.05, 0) is 73.3 Å². The Labute approximate surface area is 203 Å². The molecule has 0 aliphatic carbocycles. The van der Waals surface area contributed by atoms with Crippen LogP contribution in [0.4, 0.5) is 4.39 Å². The van der Waals surface area contributed by atoms with Gasteiger partial charge in [-0.25, -0.2) is 4.39 Å². The van der Waals surface area contributed by atoms with Crippen LogP contribution in [0.3, 0.4) is 0 Å². The Morgan fingerprint density at radius 1 is 1.14 bits per heavy atom. The number of carbonyl (C=O) groups excluding carboxylic acids is 1. The summed E-state index contributed by atoms with van der Waals surface area (Å²) in [6.07, 6.45) is 3.46. The summed E-state index contributed by atoms with van der Waals surface area (Å²) >= 11 is 0. The van der Waals surface area contributed by atoms with E-state index < -0.39 is 0 Å². The molecule has 35 heavy (non-hydrogen) atoms. The molecule has 6 rings (SSSR count). The lowest BCUT2D eigenvalue weighted by molar-refractivity contribution is 0.0912. The molecular formula is C29H28FN3O2. The van der Waals surface area contributed by atoms with Crippen molar-refractivity contribution in [3.8, 4) is 17.0 Å². The molecule has 0 spiro atoms. The Bertz CT molecular complexity index is 1400. The van der Waals surface area contributed by atoms with E-state index in [9.17, 15) is 9.18 Å². The molecule has 0 bridgehead atoms. The van der Waals surface area contributed by atoms with E-state index in [2.05, 4.69) is 21.2 Å². The van der Waals surface area contributed by atoms with Crippen LogP contribution < -0.4 is 4.74 Å². The highest BCUT2D eigenvalue weighted by Crippen LogP contribution is 2.33. The third-order valence-electron chi connectivity index (χ3n) is 7.28. The third-order valence-corrected chi connectivity index (χ3v) is 7.28. The molecule has 3 aromatic carbocycles. The summed E-state index contributed by atoms with van der Waals surface area (Å²) in [7, 11) is 0. The van der Waals surface area contributed by atoms with Crippen molar-refractivity contribution in [1.29, 1.82) is 0 Å². The Balaban J connectivity index is 1.18. The molecule has 2 aliphatic heterocycles. The number of nitrogens with one attached hydrogen (secondary N) is 1. The predicted octanol–water partition coefficient (Wildman–Crippen LogP) is 5.79. The first kappa shape index (κ1) is 22.0. The number of ether oxygens (including phenoxy) is 1. The van der Waals surface area contributed by atoms with Crippen LogP contribution in [-0.2, 0) is 13.0 Å². The van der Waals surface area contributed by atoms with Gasteiger partial charge in [0.05, 0.1) is 17.8 Å². The summed E-state index contributed by atoms with van der Waals surface area (Å²) in [5.74, 6) is 1.21. The number of piperidine rings is 1. The zero-order valence-electron chi connectivity index (χ0n) is 19.6. The fraction of sp³-hybridized carbons (Fsp3) is 0.310. The molecule has 178 valence electrons. The zero-order valence-corrected chi connectivity index (χ0v) is 19.6. The van der Waals surface area contributed by atoms with Crippen molar-refractivity contribution in [3.05, 3.63) is 83.2 Å². The van der Waals surface area contributed by atoms with Gasteiger partial charge in [-0.15, -0.1) is 0 Å². The monoisotopic (exact) mass is 469 g/mol. The summed E-state index contributed by atoms with van der Waals surface area (Å²) in [6.45, 7) is 3.07. The Morgan fingerprint density at radius 2 is 2.06 bits per heavy atom. The summed E-state index contributed by atoms with van der Waals surface area (Å²) < 4.78 is 19.7. The largest absolute Gasteiger partial charge is 0.493 e. The maximum atomic E-state index is 14.1. The van der Waals surface area contributed by atoms with Crippen LogP contribution in [0.5, 0.6) is 5.75 Å². The van der Waals surface area contributed by atoms with E-state index >= 15 is 0 Å². The van der Waals surface area contributed by atoms with Crippen molar-refractivity contribution in [2.75, 3.05) is 19.7 Å². The summed E-state index contributed by atoms with van der Waals surface area (Å²) in [5.41, 5.74) is 5.44. The van der Waals surface area contributed by atoms with E-state index in [0.717, 1.165) is 78.0 Å². The van der Waals surface area contributed by atoms with Gasteiger partial charge in [0.15, 0.2) is 5.78 Å². The molecule has 1 N–H and O–H groups in total. The smallest absolute Gasteiger partial charge is 0.163 e. The number of nitrogens with zero attached hydrogens (tertiary/aromatic N) is 2. The second-order valence-electron chi connectivity index (χ2n) is 9.72. The van der Waals surface area contributed by atoms with Gasteiger partial charge in [0.25, 0.3) is 0 Å². The number of Topliss-reactive ketones (excluding diaryl/α,β-unsaturated/α-hetero) is 1. The zero-order chi connectivity index (χ0) is 23.8. The van der Waals surface area contributed by atoms with Crippen molar-refractivity contribution in [1.82, 2.24) is 15.1 Å². The highest BCUT2D eigenvalue weighted by Gasteiger charge is 2.24. The van der Waals surface area contributed by atoms with Gasteiger partial charge in [0, 0.05) is 48.0 Å². The van der Waals surface area contributed by atoms with Crippen LogP contribution in [0.25, 0.3) is 22.2 Å². The molecule has 1 atom stereocenters. The predicted molar refractivity (Wildman–Crippen MR) is 134 cm³/mol. The van der Waals surface area contributed by atoms with Crippen molar-refractivity contribution >= 4 is 16.7 Å². The Kier molecular flexibility index (Phi) is 5.82. The lowest BCUT2D eigenvalue weighted by Crippen LogP contribution is -2.36. The van der Waals surface area contributed by atoms with E-state index in [1.54, 1.807) is 6.07 Å². The maximum absolute atomic E-state index is 14.1. The van der Waals surface area contributed by atoms with Crippen LogP contribution in [0.15, 0.2) is 60.7 Å². The fourth-order valence-corrected chi connectivity index (χ4v) is 5.45. The van der Waals surface area contributed by atoms with Gasteiger partial charge >= 0.3 is 0 Å². The first-order chi connectivity index (χ1) is 17.1. The molecule has 0 amide bonds. The first-order valence-electron chi connectivity index (χ1n) is 12.4. The molecule has 6 heteroatoms. The van der Waals surface area contributed by atoms with Crippen molar-refractivity contribution in [3.63, 3.8) is 0 Å². The number of carbonyl (C=O) groups is 1. The Hall–Kier alpha value is -3.51. The van der Waals surface area contributed by atoms with Gasteiger partial charge in [0.2, 0.25) is 0 Å². The third kappa shape index (κ3) is 4.46. The minimum atomic E-state index is -0.161. The number of ketones is 1. The van der Waals surface area contributed by atoms with Gasteiger partial charge in [-0.3, -0.25) is 14.8 Å². The van der Waals surface area contributed by atoms with E-state index in [1.165, 1.54) is 11.6 Å². The molecule has 0 radical (unpaired) electrons. The average molecular weight is 470 g/mol. The molecule has 0 unspecified atom stereocenters. The minimum Gasteiger partial charge on any atom is -0.493 e. The van der Waals surface area contributed by atoms with Crippen LogP contribution >= 0.6 is 0 Å². The van der Waals surface area contributed by atoms with E-state index in [4.69, 9.17) is 4.74 Å². The van der Waals surface area contributed by atoms with Crippen LogP contribution in [0, 0.1) is 11.7 Å². The quantitative estimate of drug-likeness (QED) is 0.363. The molecule has 1 saturated heterocycles. The highest BCUT2D eigenvalue weighted by molar-refractivity contribution is 6.02. The number of aromatic nitrogens is 2. The highest BCUT2D eigenvalue weighted by atomic mass is 19.1. The standard InChI is InChI=1S/C29H28FN3O2/c30-25-6-2-1-5-23(25)18-33-12-3-4-19(17-33)14-27(34)20-7-9-26-24(16-20)29(32-31-26)22-8-10-28-21(15-22)11-13-35-28/h1-2,5-10,15-16,19H,3-4,11-14,17-18H2,(H,31,32)/t19-/m0/s1. The molecule has 2 aliphatic rings. The number of hydrogen-bond donors (Lipinski definition) is 1. The summed E-state index contributed by atoms with van der Waals surface area (Å²) in [6, 6.07) is 18.9. The number of benzene rings is 3. The number of aromatic amines is 1. The fourth-order valence-electron chi connectivity index (χ4n) is 5.45. The van der Waals surface area contributed by atoms with Crippen molar-refractivity contribution in [2.45, 2.75) is 32.2 Å². The molecule has 5 nitrogen and oxygen atoms in total. The van der Waals surface area contributed by atoms with Crippen molar-refractivity contribution < 1.29 is 13.9 Å².